The molecule has 2 aromatic carbocycles. The molecule has 0 unspecified atom stereocenters. The van der Waals surface area contributed by atoms with Crippen molar-refractivity contribution >= 4 is 17.6 Å². The van der Waals surface area contributed by atoms with E-state index >= 15 is 0 Å². The summed E-state index contributed by atoms with van der Waals surface area (Å²) in [5, 5.41) is 9.50. The Morgan fingerprint density at radius 3 is 2.71 bits per heavy atom. The van der Waals surface area contributed by atoms with Crippen molar-refractivity contribution in [2.45, 2.75) is 6.92 Å². The van der Waals surface area contributed by atoms with E-state index in [4.69, 9.17) is 26.3 Å². The van der Waals surface area contributed by atoms with Gasteiger partial charge in [0.05, 0.1) is 5.56 Å². The summed E-state index contributed by atoms with van der Waals surface area (Å²) in [5.41, 5.74) is 1.13. The van der Waals surface area contributed by atoms with Gasteiger partial charge >= 0.3 is 5.97 Å². The molecular formula is C16H12ClNO3. The lowest BCUT2D eigenvalue weighted by atomic mass is 10.2. The summed E-state index contributed by atoms with van der Waals surface area (Å²) in [5.74, 6) is 0.236. The highest BCUT2D eigenvalue weighted by molar-refractivity contribution is 6.30. The molecule has 0 saturated heterocycles. The molecule has 0 bridgehead atoms. The molecule has 5 heteroatoms. The lowest BCUT2D eigenvalue weighted by molar-refractivity contribution is -0.136. The summed E-state index contributed by atoms with van der Waals surface area (Å²) in [6.45, 7) is 1.51. The van der Waals surface area contributed by atoms with Crippen LogP contribution in [0.4, 0.5) is 0 Å². The highest BCUT2D eigenvalue weighted by Gasteiger charge is 2.10. The van der Waals surface area contributed by atoms with Gasteiger partial charge in [0.2, 0.25) is 0 Å². The van der Waals surface area contributed by atoms with Gasteiger partial charge in [-0.15, -0.1) is 0 Å². The first-order valence-electron chi connectivity index (χ1n) is 6.19. The highest BCUT2D eigenvalue weighted by Crippen LogP contribution is 2.22. The summed E-state index contributed by atoms with van der Waals surface area (Å²) in [4.78, 5) is 11.8. The van der Waals surface area contributed by atoms with Gasteiger partial charge in [0.1, 0.15) is 17.6 Å². The Morgan fingerprint density at radius 2 is 2.00 bits per heavy atom. The number of carbonyl (C=O) groups excluding carboxylic acids is 1. The second-order valence-corrected chi connectivity index (χ2v) is 4.72. The summed E-state index contributed by atoms with van der Waals surface area (Å²) in [7, 11) is 0. The number of nitriles is 1. The largest absolute Gasteiger partial charge is 0.481 e. The third-order valence-electron chi connectivity index (χ3n) is 2.71. The lowest BCUT2D eigenvalue weighted by Crippen LogP contribution is -2.18. The molecule has 0 N–H and O–H groups in total. The molecule has 0 radical (unpaired) electrons. The van der Waals surface area contributed by atoms with Gasteiger partial charge in [-0.05, 0) is 42.8 Å². The zero-order valence-corrected chi connectivity index (χ0v) is 12.1. The average molecular weight is 302 g/mol. The number of para-hydroxylation sites is 1. The van der Waals surface area contributed by atoms with Crippen molar-refractivity contribution in [1.82, 2.24) is 0 Å². The van der Waals surface area contributed by atoms with E-state index in [0.717, 1.165) is 5.56 Å². The molecule has 0 aromatic heterocycles. The summed E-state index contributed by atoms with van der Waals surface area (Å²) in [6.07, 6.45) is 0. The van der Waals surface area contributed by atoms with Crippen LogP contribution >= 0.6 is 11.6 Å². The van der Waals surface area contributed by atoms with Crippen LogP contribution in [0.1, 0.15) is 11.1 Å². The average Bonchev–Trinajstić information content (AvgIpc) is 2.48. The molecule has 0 atom stereocenters. The van der Waals surface area contributed by atoms with Crippen LogP contribution < -0.4 is 9.47 Å². The number of ether oxygens (including phenoxy) is 2. The number of hydrogen-bond donors (Lipinski definition) is 0. The summed E-state index contributed by atoms with van der Waals surface area (Å²) >= 11 is 5.83. The van der Waals surface area contributed by atoms with Crippen molar-refractivity contribution in [2.24, 2.45) is 0 Å². The minimum absolute atomic E-state index is 0.277. The van der Waals surface area contributed by atoms with Crippen molar-refractivity contribution in [3.05, 3.63) is 58.6 Å². The smallest absolute Gasteiger partial charge is 0.349 e. The third-order valence-corrected chi connectivity index (χ3v) is 2.95. The molecular weight excluding hydrogens is 290 g/mol. The first-order chi connectivity index (χ1) is 10.1. The second-order valence-electron chi connectivity index (χ2n) is 4.28. The molecule has 21 heavy (non-hydrogen) atoms. The van der Waals surface area contributed by atoms with Crippen molar-refractivity contribution in [3.8, 4) is 17.6 Å². The van der Waals surface area contributed by atoms with E-state index in [1.54, 1.807) is 49.4 Å². The number of esters is 1. The molecule has 0 saturated carbocycles. The number of aryl methyl sites for hydroxylation is 1. The van der Waals surface area contributed by atoms with Crippen LogP contribution in [0.5, 0.6) is 11.5 Å². The number of benzene rings is 2. The molecule has 0 spiro atoms. The maximum absolute atomic E-state index is 11.8. The lowest BCUT2D eigenvalue weighted by Gasteiger charge is -2.09. The predicted octanol–water partition coefficient (Wildman–Crippen LogP) is 3.50. The van der Waals surface area contributed by atoms with Gasteiger partial charge in [-0.3, -0.25) is 0 Å². The minimum atomic E-state index is -0.548. The summed E-state index contributed by atoms with van der Waals surface area (Å²) < 4.78 is 10.5. The topological polar surface area (TPSA) is 59.3 Å². The number of hydrogen-bond acceptors (Lipinski definition) is 4. The molecule has 0 amide bonds. The standard InChI is InChI=1S/C16H12ClNO3/c1-11-8-13(17)6-7-14(11)21-16(19)10-20-15-5-3-2-4-12(15)9-18/h2-8H,10H2,1H3. The molecule has 0 heterocycles. The number of rotatable bonds is 4. The molecule has 0 fully saturated rings. The quantitative estimate of drug-likeness (QED) is 0.640. The van der Waals surface area contributed by atoms with Gasteiger partial charge in [0.15, 0.2) is 6.61 Å². The second kappa shape index (κ2) is 6.78. The van der Waals surface area contributed by atoms with Gasteiger partial charge in [-0.2, -0.15) is 5.26 Å². The van der Waals surface area contributed by atoms with E-state index in [2.05, 4.69) is 0 Å². The Morgan fingerprint density at radius 1 is 1.24 bits per heavy atom. The molecule has 2 aromatic rings. The monoisotopic (exact) mass is 301 g/mol. The molecule has 0 aliphatic rings. The van der Waals surface area contributed by atoms with E-state index in [-0.39, 0.29) is 6.61 Å². The van der Waals surface area contributed by atoms with Crippen LogP contribution in [-0.4, -0.2) is 12.6 Å². The van der Waals surface area contributed by atoms with Gasteiger partial charge in [-0.25, -0.2) is 4.79 Å². The van der Waals surface area contributed by atoms with Crippen molar-refractivity contribution < 1.29 is 14.3 Å². The van der Waals surface area contributed by atoms with E-state index in [1.165, 1.54) is 0 Å². The Kier molecular flexibility index (Phi) is 4.81. The molecule has 0 aliphatic carbocycles. The fourth-order valence-corrected chi connectivity index (χ4v) is 1.93. The number of nitrogens with zero attached hydrogens (tertiary/aromatic N) is 1. The van der Waals surface area contributed by atoms with Crippen molar-refractivity contribution in [3.63, 3.8) is 0 Å². The summed E-state index contributed by atoms with van der Waals surface area (Å²) in [6, 6.07) is 13.7. The molecule has 2 rings (SSSR count). The predicted molar refractivity (Wildman–Crippen MR) is 78.5 cm³/mol. The minimum Gasteiger partial charge on any atom is -0.481 e. The van der Waals surface area contributed by atoms with Crippen LogP contribution in [0.3, 0.4) is 0 Å². The highest BCUT2D eigenvalue weighted by atomic mass is 35.5. The zero-order chi connectivity index (χ0) is 15.2. The third kappa shape index (κ3) is 3.98. The van der Waals surface area contributed by atoms with Gasteiger partial charge in [0.25, 0.3) is 0 Å². The molecule has 0 aliphatic heterocycles. The van der Waals surface area contributed by atoms with Crippen LogP contribution in [0, 0.1) is 18.3 Å². The van der Waals surface area contributed by atoms with Crippen LogP contribution in [0.25, 0.3) is 0 Å². The maximum Gasteiger partial charge on any atom is 0.349 e. The van der Waals surface area contributed by atoms with E-state index in [1.807, 2.05) is 6.07 Å². The Hall–Kier alpha value is -2.51. The van der Waals surface area contributed by atoms with E-state index < -0.39 is 5.97 Å². The van der Waals surface area contributed by atoms with Crippen LogP contribution in [-0.2, 0) is 4.79 Å². The zero-order valence-electron chi connectivity index (χ0n) is 11.3. The fourth-order valence-electron chi connectivity index (χ4n) is 1.70. The number of halogens is 1. The van der Waals surface area contributed by atoms with Crippen molar-refractivity contribution in [1.29, 1.82) is 5.26 Å². The number of carbonyl (C=O) groups is 1. The molecule has 106 valence electrons. The first kappa shape index (κ1) is 14.9. The Bertz CT molecular complexity index is 707. The molecule has 4 nitrogen and oxygen atoms in total. The van der Waals surface area contributed by atoms with E-state index in [0.29, 0.717) is 22.1 Å². The Balaban J connectivity index is 1.98. The normalized spacial score (nSPS) is 9.76. The van der Waals surface area contributed by atoms with Gasteiger partial charge in [-0.1, -0.05) is 23.7 Å². The van der Waals surface area contributed by atoms with Gasteiger partial charge in [0, 0.05) is 5.02 Å². The van der Waals surface area contributed by atoms with Crippen LogP contribution in [0.15, 0.2) is 42.5 Å². The first-order valence-corrected chi connectivity index (χ1v) is 6.56. The van der Waals surface area contributed by atoms with E-state index in [9.17, 15) is 4.79 Å². The van der Waals surface area contributed by atoms with Gasteiger partial charge < -0.3 is 9.47 Å². The van der Waals surface area contributed by atoms with Crippen molar-refractivity contribution in [2.75, 3.05) is 6.61 Å². The SMILES string of the molecule is Cc1cc(Cl)ccc1OC(=O)COc1ccccc1C#N. The van der Waals surface area contributed by atoms with Crippen LogP contribution in [0.2, 0.25) is 5.02 Å². The fraction of sp³-hybridized carbons (Fsp3) is 0.125. The maximum atomic E-state index is 11.8. The Labute approximate surface area is 127 Å².